The minimum atomic E-state index is -0.157. The molecular formula is C24H26N4O2. The Morgan fingerprint density at radius 1 is 1.13 bits per heavy atom. The maximum atomic E-state index is 13.1. The Morgan fingerprint density at radius 2 is 1.87 bits per heavy atom. The zero-order valence-corrected chi connectivity index (χ0v) is 17.3. The van der Waals surface area contributed by atoms with E-state index < -0.39 is 0 Å². The van der Waals surface area contributed by atoms with E-state index in [-0.39, 0.29) is 11.9 Å². The molecule has 1 aliphatic heterocycles. The fraction of sp³-hybridized carbons (Fsp3) is 0.292. The van der Waals surface area contributed by atoms with Gasteiger partial charge in [0.25, 0.3) is 0 Å². The summed E-state index contributed by atoms with van der Waals surface area (Å²) in [7, 11) is 1.65. The van der Waals surface area contributed by atoms with Gasteiger partial charge in [0.1, 0.15) is 11.6 Å². The number of amides is 1. The standard InChI is InChI=1S/C24H26N4O2/c1-17-25-14-18(15-26-17)16-28-13-5-8-23(28)24(29)27-22-7-4-3-6-21(22)19-9-11-20(30-2)12-10-19/h3-4,6-7,9-12,14-15,23H,5,8,13,16H2,1-2H3,(H,27,29)/t23-/m1/s1. The molecule has 0 unspecified atom stereocenters. The summed E-state index contributed by atoms with van der Waals surface area (Å²) in [5.74, 6) is 1.59. The number of benzene rings is 2. The van der Waals surface area contributed by atoms with Gasteiger partial charge >= 0.3 is 0 Å². The molecule has 1 aliphatic rings. The topological polar surface area (TPSA) is 67.3 Å². The molecule has 0 saturated carbocycles. The number of methoxy groups -OCH3 is 1. The van der Waals surface area contributed by atoms with Crippen molar-refractivity contribution in [2.45, 2.75) is 32.4 Å². The highest BCUT2D eigenvalue weighted by Crippen LogP contribution is 2.30. The smallest absolute Gasteiger partial charge is 0.241 e. The lowest BCUT2D eigenvalue weighted by Crippen LogP contribution is -2.39. The summed E-state index contributed by atoms with van der Waals surface area (Å²) in [6.07, 6.45) is 5.54. The van der Waals surface area contributed by atoms with Gasteiger partial charge < -0.3 is 10.1 Å². The highest BCUT2D eigenvalue weighted by Gasteiger charge is 2.31. The first-order chi connectivity index (χ1) is 14.6. The lowest BCUT2D eigenvalue weighted by molar-refractivity contribution is -0.120. The first-order valence-electron chi connectivity index (χ1n) is 10.2. The van der Waals surface area contributed by atoms with Crippen molar-refractivity contribution in [1.29, 1.82) is 0 Å². The molecule has 1 fully saturated rings. The number of likely N-dealkylation sites (tertiary alicyclic amines) is 1. The van der Waals surface area contributed by atoms with Crippen LogP contribution in [-0.4, -0.2) is 40.5 Å². The van der Waals surface area contributed by atoms with E-state index in [2.05, 4.69) is 20.2 Å². The van der Waals surface area contributed by atoms with E-state index in [1.54, 1.807) is 7.11 Å². The van der Waals surface area contributed by atoms with Crippen LogP contribution in [0.15, 0.2) is 60.9 Å². The van der Waals surface area contributed by atoms with E-state index >= 15 is 0 Å². The summed E-state index contributed by atoms with van der Waals surface area (Å²) in [5.41, 5.74) is 3.87. The first-order valence-corrected chi connectivity index (χ1v) is 10.2. The van der Waals surface area contributed by atoms with Crippen molar-refractivity contribution < 1.29 is 9.53 Å². The Bertz CT molecular complexity index is 1000. The van der Waals surface area contributed by atoms with E-state index in [1.165, 1.54) is 0 Å². The summed E-state index contributed by atoms with van der Waals surface area (Å²) in [6.45, 7) is 3.45. The van der Waals surface area contributed by atoms with Crippen LogP contribution in [0.25, 0.3) is 11.1 Å². The number of hydrogen-bond acceptors (Lipinski definition) is 5. The van der Waals surface area contributed by atoms with Crippen LogP contribution in [0.1, 0.15) is 24.2 Å². The SMILES string of the molecule is COc1ccc(-c2ccccc2NC(=O)[C@H]2CCCN2Cc2cnc(C)nc2)cc1. The quantitative estimate of drug-likeness (QED) is 0.673. The Morgan fingerprint density at radius 3 is 2.60 bits per heavy atom. The van der Waals surface area contributed by atoms with Crippen molar-refractivity contribution >= 4 is 11.6 Å². The molecule has 1 saturated heterocycles. The summed E-state index contributed by atoms with van der Waals surface area (Å²) in [5, 5.41) is 3.16. The predicted octanol–water partition coefficient (Wildman–Crippen LogP) is 4.06. The molecule has 1 atom stereocenters. The Kier molecular flexibility index (Phi) is 6.05. The van der Waals surface area contributed by atoms with Gasteiger partial charge in [-0.1, -0.05) is 30.3 Å². The monoisotopic (exact) mass is 402 g/mol. The minimum absolute atomic E-state index is 0.0292. The van der Waals surface area contributed by atoms with Crippen LogP contribution in [0.4, 0.5) is 5.69 Å². The molecule has 2 heterocycles. The molecule has 0 spiro atoms. The molecule has 6 nitrogen and oxygen atoms in total. The number of aryl methyl sites for hydroxylation is 1. The molecule has 1 N–H and O–H groups in total. The van der Waals surface area contributed by atoms with Crippen LogP contribution >= 0.6 is 0 Å². The van der Waals surface area contributed by atoms with Gasteiger partial charge in [-0.3, -0.25) is 9.69 Å². The number of nitrogens with one attached hydrogen (secondary N) is 1. The van der Waals surface area contributed by atoms with Crippen LogP contribution in [0.5, 0.6) is 5.75 Å². The van der Waals surface area contributed by atoms with E-state index in [4.69, 9.17) is 4.74 Å². The van der Waals surface area contributed by atoms with Crippen LogP contribution in [0.2, 0.25) is 0 Å². The second kappa shape index (κ2) is 9.05. The molecule has 2 aromatic carbocycles. The number of carbonyl (C=O) groups excluding carboxylic acids is 1. The van der Waals surface area contributed by atoms with Crippen molar-refractivity contribution in [2.75, 3.05) is 19.0 Å². The Hall–Kier alpha value is -3.25. The van der Waals surface area contributed by atoms with Crippen molar-refractivity contribution in [2.24, 2.45) is 0 Å². The number of nitrogens with zero attached hydrogens (tertiary/aromatic N) is 3. The lowest BCUT2D eigenvalue weighted by atomic mass is 10.0. The second-order valence-electron chi connectivity index (χ2n) is 7.53. The number of hydrogen-bond donors (Lipinski definition) is 1. The van der Waals surface area contributed by atoms with Gasteiger partial charge in [-0.2, -0.15) is 0 Å². The fourth-order valence-electron chi connectivity index (χ4n) is 3.88. The third-order valence-electron chi connectivity index (χ3n) is 5.47. The van der Waals surface area contributed by atoms with Crippen molar-refractivity contribution in [3.05, 3.63) is 72.3 Å². The third-order valence-corrected chi connectivity index (χ3v) is 5.47. The second-order valence-corrected chi connectivity index (χ2v) is 7.53. The Balaban J connectivity index is 1.49. The zero-order chi connectivity index (χ0) is 20.9. The van der Waals surface area contributed by atoms with Crippen molar-refractivity contribution in [1.82, 2.24) is 14.9 Å². The van der Waals surface area contributed by atoms with Crippen LogP contribution < -0.4 is 10.1 Å². The molecular weight excluding hydrogens is 376 g/mol. The number of ether oxygens (including phenoxy) is 1. The lowest BCUT2D eigenvalue weighted by Gasteiger charge is -2.24. The number of para-hydroxylation sites is 1. The number of aromatic nitrogens is 2. The molecule has 6 heteroatoms. The van der Waals surface area contributed by atoms with Gasteiger partial charge in [0, 0.05) is 35.8 Å². The highest BCUT2D eigenvalue weighted by molar-refractivity contribution is 5.98. The molecule has 3 aromatic rings. The molecule has 1 amide bonds. The van der Waals surface area contributed by atoms with Gasteiger partial charge in [-0.15, -0.1) is 0 Å². The zero-order valence-electron chi connectivity index (χ0n) is 17.3. The minimum Gasteiger partial charge on any atom is -0.497 e. The van der Waals surface area contributed by atoms with Gasteiger partial charge in [0.2, 0.25) is 5.91 Å². The summed E-state index contributed by atoms with van der Waals surface area (Å²) < 4.78 is 5.25. The third kappa shape index (κ3) is 4.49. The van der Waals surface area contributed by atoms with Gasteiger partial charge in [0.15, 0.2) is 0 Å². The van der Waals surface area contributed by atoms with Crippen molar-refractivity contribution in [3.8, 4) is 16.9 Å². The Labute approximate surface area is 176 Å². The maximum absolute atomic E-state index is 13.1. The molecule has 154 valence electrons. The first kappa shape index (κ1) is 20.0. The molecule has 0 radical (unpaired) electrons. The maximum Gasteiger partial charge on any atom is 0.241 e. The summed E-state index contributed by atoms with van der Waals surface area (Å²) >= 11 is 0. The van der Waals surface area contributed by atoms with Gasteiger partial charge in [-0.25, -0.2) is 9.97 Å². The number of carbonyl (C=O) groups is 1. The normalized spacial score (nSPS) is 16.4. The molecule has 4 rings (SSSR count). The van der Waals surface area contributed by atoms with E-state index in [0.29, 0.717) is 6.54 Å². The van der Waals surface area contributed by atoms with E-state index in [1.807, 2.05) is 67.8 Å². The van der Waals surface area contributed by atoms with Crippen LogP contribution in [0.3, 0.4) is 0 Å². The average Bonchev–Trinajstić information content (AvgIpc) is 3.24. The van der Waals surface area contributed by atoms with Crippen LogP contribution in [0, 0.1) is 6.92 Å². The molecule has 0 aliphatic carbocycles. The fourth-order valence-corrected chi connectivity index (χ4v) is 3.88. The predicted molar refractivity (Wildman–Crippen MR) is 117 cm³/mol. The molecule has 30 heavy (non-hydrogen) atoms. The molecule has 0 bridgehead atoms. The summed E-state index contributed by atoms with van der Waals surface area (Å²) in [6, 6.07) is 15.6. The van der Waals surface area contributed by atoms with Gasteiger partial charge in [0.05, 0.1) is 13.2 Å². The number of rotatable bonds is 6. The van der Waals surface area contributed by atoms with Gasteiger partial charge in [-0.05, 0) is 50.1 Å². The average molecular weight is 402 g/mol. The van der Waals surface area contributed by atoms with Crippen molar-refractivity contribution in [3.63, 3.8) is 0 Å². The van der Waals surface area contributed by atoms with E-state index in [0.717, 1.165) is 53.3 Å². The van der Waals surface area contributed by atoms with Crippen LogP contribution in [-0.2, 0) is 11.3 Å². The number of anilines is 1. The molecule has 1 aromatic heterocycles. The van der Waals surface area contributed by atoms with E-state index in [9.17, 15) is 4.79 Å². The highest BCUT2D eigenvalue weighted by atomic mass is 16.5. The largest absolute Gasteiger partial charge is 0.497 e. The summed E-state index contributed by atoms with van der Waals surface area (Å²) in [4.78, 5) is 23.9.